The van der Waals surface area contributed by atoms with E-state index in [1.165, 1.54) is 13.8 Å². The monoisotopic (exact) mass is 186 g/mol. The van der Waals surface area contributed by atoms with Crippen molar-refractivity contribution in [2.75, 3.05) is 0 Å². The number of rotatable bonds is 0. The van der Waals surface area contributed by atoms with Gasteiger partial charge in [0.1, 0.15) is 5.78 Å². The molecule has 0 aliphatic carbocycles. The average Bonchev–Trinajstić information content (AvgIpc) is 1.19. The first-order valence-corrected chi connectivity index (χ1v) is 7.61. The molecule has 0 aromatic carbocycles. The molecule has 0 amide bonds. The van der Waals surface area contributed by atoms with E-state index in [2.05, 4.69) is 0 Å². The van der Waals surface area contributed by atoms with Crippen LogP contribution in [-0.4, -0.2) is 12.5 Å². The molecule has 0 spiro atoms. The second-order valence-corrected chi connectivity index (χ2v) is 11.1. The smallest absolute Gasteiger partial charge is 0.245 e. The zero-order valence-corrected chi connectivity index (χ0v) is 8.68. The Balaban J connectivity index is 0. The number of carbonyl (C=O) groups is 1. The molecule has 0 rings (SSSR count). The summed E-state index contributed by atoms with van der Waals surface area (Å²) in [6.45, 7) is 5.10. The first-order valence-electron chi connectivity index (χ1n) is 2.58. The van der Waals surface area contributed by atoms with Gasteiger partial charge in [-0.2, -0.15) is 0 Å². The minimum atomic E-state index is -1.67. The summed E-state index contributed by atoms with van der Waals surface area (Å²) in [6, 6.07) is 0. The van der Waals surface area contributed by atoms with Crippen molar-refractivity contribution < 1.29 is 4.79 Å². The fourth-order valence-electron chi connectivity index (χ4n) is 0. The van der Waals surface area contributed by atoms with Crippen molar-refractivity contribution in [2.24, 2.45) is 0 Å². The molecule has 0 saturated heterocycles. The first kappa shape index (κ1) is 12.2. The van der Waals surface area contributed by atoms with E-state index in [-0.39, 0.29) is 5.78 Å². The van der Waals surface area contributed by atoms with Crippen LogP contribution in [0.15, 0.2) is 0 Å². The van der Waals surface area contributed by atoms with Crippen LogP contribution < -0.4 is 0 Å². The van der Waals surface area contributed by atoms with Gasteiger partial charge in [-0.1, -0.05) is 0 Å². The molecule has 0 unspecified atom stereocenters. The summed E-state index contributed by atoms with van der Waals surface area (Å²) >= 11 is 10.9. The van der Waals surface area contributed by atoms with Gasteiger partial charge in [0.05, 0.1) is 0 Å². The Morgan fingerprint density at radius 1 is 1.22 bits per heavy atom. The van der Waals surface area contributed by atoms with Crippen LogP contribution in [0.1, 0.15) is 13.8 Å². The molecular weight excluding hydrogens is 175 g/mol. The largest absolute Gasteiger partial charge is 0.300 e. The van der Waals surface area contributed by atoms with Crippen molar-refractivity contribution in [2.45, 2.75) is 26.9 Å². The lowest BCUT2D eigenvalue weighted by atomic mass is 10.6. The van der Waals surface area contributed by atoms with Crippen LogP contribution in [0, 0.1) is 0 Å². The van der Waals surface area contributed by atoms with Crippen molar-refractivity contribution in [1.29, 1.82) is 0 Å². The standard InChI is InChI=1S/C3H6O.C2H6Cl2Si/c1-3(2)4;1-5(2,3)4/h1-2H3;1-2H3. The van der Waals surface area contributed by atoms with Gasteiger partial charge in [0, 0.05) is 0 Å². The lowest BCUT2D eigenvalue weighted by Crippen LogP contribution is -2.02. The summed E-state index contributed by atoms with van der Waals surface area (Å²) < 4.78 is 0. The Labute approximate surface area is 66.8 Å². The second-order valence-electron chi connectivity index (χ2n) is 2.24. The molecule has 0 aromatic rings. The predicted octanol–water partition coefficient (Wildman–Crippen LogP) is 2.76. The molecule has 0 aromatic heterocycles. The summed E-state index contributed by atoms with van der Waals surface area (Å²) in [7, 11) is 0. The van der Waals surface area contributed by atoms with E-state index in [9.17, 15) is 4.79 Å². The van der Waals surface area contributed by atoms with E-state index in [1.54, 1.807) is 0 Å². The number of halogens is 2. The van der Waals surface area contributed by atoms with Crippen molar-refractivity contribution in [3.8, 4) is 0 Å². The van der Waals surface area contributed by atoms with Gasteiger partial charge in [0.25, 0.3) is 0 Å². The van der Waals surface area contributed by atoms with E-state index in [0.717, 1.165) is 0 Å². The number of Topliss-reactive ketones (excluding diaryl/α,β-unsaturated/α-hetero) is 1. The highest BCUT2D eigenvalue weighted by atomic mass is 35.7. The highest BCUT2D eigenvalue weighted by Gasteiger charge is 2.08. The van der Waals surface area contributed by atoms with Crippen molar-refractivity contribution in [3.05, 3.63) is 0 Å². The SMILES string of the molecule is CC(C)=O.C[Si](C)(Cl)Cl. The third-order valence-corrected chi connectivity index (χ3v) is 0. The van der Waals surface area contributed by atoms with Crippen LogP contribution in [0.25, 0.3) is 0 Å². The molecule has 0 aliphatic rings. The van der Waals surface area contributed by atoms with Crippen LogP contribution in [-0.2, 0) is 4.79 Å². The van der Waals surface area contributed by atoms with Gasteiger partial charge in [0.15, 0.2) is 0 Å². The molecule has 0 bridgehead atoms. The Bertz CT molecular complexity index is 77.4. The second kappa shape index (κ2) is 5.27. The van der Waals surface area contributed by atoms with Crippen LogP contribution in [0.3, 0.4) is 0 Å². The Morgan fingerprint density at radius 2 is 1.22 bits per heavy atom. The van der Waals surface area contributed by atoms with E-state index < -0.39 is 6.69 Å². The molecule has 0 radical (unpaired) electrons. The van der Waals surface area contributed by atoms with Crippen molar-refractivity contribution >= 4 is 34.6 Å². The topological polar surface area (TPSA) is 17.1 Å². The van der Waals surface area contributed by atoms with E-state index >= 15 is 0 Å². The highest BCUT2D eigenvalue weighted by molar-refractivity contribution is 7.44. The molecule has 0 heterocycles. The van der Waals surface area contributed by atoms with Gasteiger partial charge in [-0.15, -0.1) is 22.2 Å². The van der Waals surface area contributed by atoms with Crippen LogP contribution in [0.4, 0.5) is 0 Å². The molecule has 0 N–H and O–H groups in total. The summed E-state index contributed by atoms with van der Waals surface area (Å²) in [6.07, 6.45) is 0. The summed E-state index contributed by atoms with van der Waals surface area (Å²) in [5, 5.41) is 0. The van der Waals surface area contributed by atoms with Gasteiger partial charge in [-0.3, -0.25) is 0 Å². The summed E-state index contributed by atoms with van der Waals surface area (Å²) in [4.78, 5) is 9.44. The average molecular weight is 187 g/mol. The van der Waals surface area contributed by atoms with Gasteiger partial charge < -0.3 is 4.79 Å². The summed E-state index contributed by atoms with van der Waals surface area (Å²) in [5.41, 5.74) is 0. The third-order valence-electron chi connectivity index (χ3n) is 0. The lowest BCUT2D eigenvalue weighted by Gasteiger charge is -1.93. The molecule has 0 aliphatic heterocycles. The maximum atomic E-state index is 9.44. The quantitative estimate of drug-likeness (QED) is 0.421. The van der Waals surface area contributed by atoms with Gasteiger partial charge in [0.2, 0.25) is 6.69 Å². The molecule has 0 fully saturated rings. The van der Waals surface area contributed by atoms with Gasteiger partial charge in [-0.05, 0) is 26.9 Å². The summed E-state index contributed by atoms with van der Waals surface area (Å²) in [5.74, 6) is 0.167. The Hall–Kier alpha value is 0.467. The molecule has 4 heteroatoms. The number of hydrogen-bond acceptors (Lipinski definition) is 1. The highest BCUT2D eigenvalue weighted by Crippen LogP contribution is 2.10. The number of hydrogen-bond donors (Lipinski definition) is 0. The molecule has 0 saturated carbocycles. The molecular formula is C5H12Cl2OSi. The van der Waals surface area contributed by atoms with Crippen molar-refractivity contribution in [3.63, 3.8) is 0 Å². The van der Waals surface area contributed by atoms with Gasteiger partial charge >= 0.3 is 0 Å². The fourth-order valence-corrected chi connectivity index (χ4v) is 0. The minimum absolute atomic E-state index is 0.167. The number of carbonyl (C=O) groups excluding carboxylic acids is 1. The van der Waals surface area contributed by atoms with Crippen molar-refractivity contribution in [1.82, 2.24) is 0 Å². The maximum Gasteiger partial charge on any atom is 0.245 e. The zero-order valence-electron chi connectivity index (χ0n) is 6.16. The van der Waals surface area contributed by atoms with Crippen LogP contribution >= 0.6 is 22.2 Å². The molecule has 0 atom stereocenters. The third kappa shape index (κ3) is 1620. The lowest BCUT2D eigenvalue weighted by molar-refractivity contribution is -0.114. The van der Waals surface area contributed by atoms with E-state index in [4.69, 9.17) is 22.2 Å². The Kier molecular flexibility index (Phi) is 7.12. The maximum absolute atomic E-state index is 9.44. The van der Waals surface area contributed by atoms with E-state index in [0.29, 0.717) is 0 Å². The predicted molar refractivity (Wildman–Crippen MR) is 45.5 cm³/mol. The number of ketones is 1. The minimum Gasteiger partial charge on any atom is -0.300 e. The molecule has 56 valence electrons. The molecule has 9 heavy (non-hydrogen) atoms. The van der Waals surface area contributed by atoms with Crippen LogP contribution in [0.5, 0.6) is 0 Å². The van der Waals surface area contributed by atoms with Gasteiger partial charge in [-0.25, -0.2) is 0 Å². The zero-order chi connectivity index (χ0) is 8.08. The fraction of sp³-hybridized carbons (Fsp3) is 0.800. The first-order chi connectivity index (χ1) is 3.73. The van der Waals surface area contributed by atoms with E-state index in [1.807, 2.05) is 13.1 Å². The Morgan fingerprint density at radius 3 is 1.22 bits per heavy atom. The normalized spacial score (nSPS) is 9.56. The van der Waals surface area contributed by atoms with Crippen LogP contribution in [0.2, 0.25) is 13.1 Å². The molecule has 1 nitrogen and oxygen atoms in total.